The van der Waals surface area contributed by atoms with Crippen LogP contribution in [0, 0.1) is 0 Å². The predicted octanol–water partition coefficient (Wildman–Crippen LogP) is 1.32. The summed E-state index contributed by atoms with van der Waals surface area (Å²) in [7, 11) is 0. The van der Waals surface area contributed by atoms with Gasteiger partial charge in [0.1, 0.15) is 6.54 Å². The number of H-pyrrole nitrogens is 1. The van der Waals surface area contributed by atoms with Crippen LogP contribution < -0.4 is 11.0 Å². The number of nitrogens with zero attached hydrogens (tertiary/aromatic N) is 2. The van der Waals surface area contributed by atoms with Crippen molar-refractivity contribution in [3.8, 4) is 0 Å². The number of amides is 1. The molecule has 1 aliphatic heterocycles. The fourth-order valence-electron chi connectivity index (χ4n) is 3.36. The number of nitrogens with one attached hydrogen (secondary N) is 2. The number of imidazole rings is 1. The molecule has 1 amide bonds. The van der Waals surface area contributed by atoms with Crippen LogP contribution >= 0.6 is 0 Å². The van der Waals surface area contributed by atoms with Gasteiger partial charge in [0, 0.05) is 12.6 Å². The van der Waals surface area contributed by atoms with Crippen LogP contribution in [-0.2, 0) is 11.3 Å². The summed E-state index contributed by atoms with van der Waals surface area (Å²) in [6.45, 7) is 4.84. The highest BCUT2D eigenvalue weighted by atomic mass is 16.2. The van der Waals surface area contributed by atoms with Gasteiger partial charge in [-0.1, -0.05) is 19.1 Å². The van der Waals surface area contributed by atoms with Gasteiger partial charge in [-0.25, -0.2) is 4.79 Å². The van der Waals surface area contributed by atoms with Gasteiger partial charge in [0.2, 0.25) is 5.91 Å². The van der Waals surface area contributed by atoms with E-state index in [9.17, 15) is 9.59 Å². The zero-order valence-corrected chi connectivity index (χ0v) is 13.5. The number of hydrogen-bond acceptors (Lipinski definition) is 3. The van der Waals surface area contributed by atoms with Crippen LogP contribution in [0.4, 0.5) is 0 Å². The molecule has 2 aromatic rings. The minimum absolute atomic E-state index is 0.0330. The van der Waals surface area contributed by atoms with Crippen LogP contribution in [0.25, 0.3) is 11.0 Å². The van der Waals surface area contributed by atoms with Crippen LogP contribution in [0.3, 0.4) is 0 Å². The first-order chi connectivity index (χ1) is 11.2. The average Bonchev–Trinajstić information content (AvgIpc) is 2.89. The molecule has 6 heteroatoms. The topological polar surface area (TPSA) is 70.1 Å². The monoisotopic (exact) mass is 316 g/mol. The molecular formula is C17H24N4O2. The fraction of sp³-hybridized carbons (Fsp3) is 0.529. The van der Waals surface area contributed by atoms with Crippen molar-refractivity contribution in [1.82, 2.24) is 19.8 Å². The molecule has 1 aromatic heterocycles. The van der Waals surface area contributed by atoms with Gasteiger partial charge >= 0.3 is 5.69 Å². The maximum atomic E-state index is 12.8. The highest BCUT2D eigenvalue weighted by molar-refractivity contribution is 5.80. The summed E-state index contributed by atoms with van der Waals surface area (Å²) >= 11 is 0. The van der Waals surface area contributed by atoms with Gasteiger partial charge in [0.05, 0.1) is 11.0 Å². The lowest BCUT2D eigenvalue weighted by molar-refractivity contribution is -0.134. The van der Waals surface area contributed by atoms with Crippen molar-refractivity contribution in [2.75, 3.05) is 19.6 Å². The number of fused-ring (bicyclic) bond motifs is 1. The Bertz CT molecular complexity index is 728. The number of piperidine rings is 1. The molecule has 0 radical (unpaired) electrons. The Balaban J connectivity index is 1.82. The third-order valence-corrected chi connectivity index (χ3v) is 4.51. The van der Waals surface area contributed by atoms with E-state index in [2.05, 4.69) is 17.2 Å². The highest BCUT2D eigenvalue weighted by Gasteiger charge is 2.25. The number of aromatic nitrogens is 2. The number of hydrogen-bond donors (Lipinski definition) is 2. The third-order valence-electron chi connectivity index (χ3n) is 4.51. The van der Waals surface area contributed by atoms with Crippen molar-refractivity contribution in [1.29, 1.82) is 0 Å². The Hall–Kier alpha value is -2.08. The Morgan fingerprint density at radius 2 is 2.04 bits per heavy atom. The van der Waals surface area contributed by atoms with Gasteiger partial charge in [-0.3, -0.25) is 9.36 Å². The molecule has 3 rings (SSSR count). The van der Waals surface area contributed by atoms with Crippen LogP contribution in [0.15, 0.2) is 29.1 Å². The Kier molecular flexibility index (Phi) is 4.81. The Morgan fingerprint density at radius 3 is 2.78 bits per heavy atom. The SMILES string of the molecule is CCCN(C(=O)Cn1c(=O)[nH]c2ccccc21)C1CCNCC1. The van der Waals surface area contributed by atoms with E-state index in [0.29, 0.717) is 0 Å². The number of aromatic amines is 1. The van der Waals surface area contributed by atoms with Gasteiger partial charge < -0.3 is 15.2 Å². The number of carbonyl (C=O) groups excluding carboxylic acids is 1. The van der Waals surface area contributed by atoms with E-state index in [4.69, 9.17) is 0 Å². The second-order valence-corrected chi connectivity index (χ2v) is 6.10. The van der Waals surface area contributed by atoms with Crippen molar-refractivity contribution >= 4 is 16.9 Å². The minimum atomic E-state index is -0.221. The van der Waals surface area contributed by atoms with Gasteiger partial charge in [-0.2, -0.15) is 0 Å². The Morgan fingerprint density at radius 1 is 1.30 bits per heavy atom. The fourth-order valence-corrected chi connectivity index (χ4v) is 3.36. The second-order valence-electron chi connectivity index (χ2n) is 6.10. The summed E-state index contributed by atoms with van der Waals surface area (Å²) in [6, 6.07) is 7.77. The van der Waals surface area contributed by atoms with Crippen LogP contribution in [0.1, 0.15) is 26.2 Å². The summed E-state index contributed by atoms with van der Waals surface area (Å²) in [5.74, 6) is 0.0330. The van der Waals surface area contributed by atoms with E-state index in [1.54, 1.807) is 4.57 Å². The zero-order valence-electron chi connectivity index (χ0n) is 13.5. The van der Waals surface area contributed by atoms with Gasteiger partial charge in [0.25, 0.3) is 0 Å². The molecule has 2 heterocycles. The lowest BCUT2D eigenvalue weighted by atomic mass is 10.0. The van der Waals surface area contributed by atoms with Crippen LogP contribution in [0.2, 0.25) is 0 Å². The molecule has 6 nitrogen and oxygen atoms in total. The van der Waals surface area contributed by atoms with Gasteiger partial charge in [-0.05, 0) is 44.5 Å². The van der Waals surface area contributed by atoms with E-state index in [-0.39, 0.29) is 24.2 Å². The second kappa shape index (κ2) is 7.00. The summed E-state index contributed by atoms with van der Waals surface area (Å²) in [4.78, 5) is 29.8. The van der Waals surface area contributed by atoms with E-state index >= 15 is 0 Å². The molecule has 0 unspecified atom stereocenters. The zero-order chi connectivity index (χ0) is 16.2. The molecule has 2 N–H and O–H groups in total. The molecule has 0 saturated carbocycles. The number of carbonyl (C=O) groups is 1. The number of benzene rings is 1. The first kappa shape index (κ1) is 15.8. The van der Waals surface area contributed by atoms with E-state index in [0.717, 1.165) is 49.9 Å². The third kappa shape index (κ3) is 3.32. The molecular weight excluding hydrogens is 292 g/mol. The summed E-state index contributed by atoms with van der Waals surface area (Å²) in [6.07, 6.45) is 2.89. The van der Waals surface area contributed by atoms with Crippen LogP contribution in [0.5, 0.6) is 0 Å². The average molecular weight is 316 g/mol. The smallest absolute Gasteiger partial charge is 0.326 e. The number of para-hydroxylation sites is 2. The molecule has 0 spiro atoms. The molecule has 0 bridgehead atoms. The number of rotatable bonds is 5. The standard InChI is InChI=1S/C17H24N4O2/c1-2-11-20(13-7-9-18-10-8-13)16(22)12-21-15-6-4-3-5-14(15)19-17(21)23/h3-6,13,18H,2,7-12H2,1H3,(H,19,23). The predicted molar refractivity (Wildman–Crippen MR) is 90.5 cm³/mol. The molecule has 1 aliphatic rings. The maximum Gasteiger partial charge on any atom is 0.326 e. The molecule has 1 fully saturated rings. The van der Waals surface area contributed by atoms with Crippen molar-refractivity contribution in [2.24, 2.45) is 0 Å². The molecule has 0 atom stereocenters. The first-order valence-electron chi connectivity index (χ1n) is 8.38. The largest absolute Gasteiger partial charge is 0.338 e. The van der Waals surface area contributed by atoms with Crippen molar-refractivity contribution < 1.29 is 4.79 Å². The van der Waals surface area contributed by atoms with Crippen LogP contribution in [-0.4, -0.2) is 46.0 Å². The molecule has 0 aliphatic carbocycles. The van der Waals surface area contributed by atoms with Gasteiger partial charge in [0.15, 0.2) is 0 Å². The molecule has 1 saturated heterocycles. The quantitative estimate of drug-likeness (QED) is 0.874. The molecule has 124 valence electrons. The minimum Gasteiger partial charge on any atom is -0.338 e. The Labute approximate surface area is 135 Å². The van der Waals surface area contributed by atoms with E-state index < -0.39 is 0 Å². The normalized spacial score (nSPS) is 15.9. The first-order valence-corrected chi connectivity index (χ1v) is 8.38. The lowest BCUT2D eigenvalue weighted by Crippen LogP contribution is -2.48. The summed E-state index contributed by atoms with van der Waals surface area (Å²) in [5.41, 5.74) is 1.34. The van der Waals surface area contributed by atoms with Crippen molar-refractivity contribution in [3.05, 3.63) is 34.7 Å². The summed E-state index contributed by atoms with van der Waals surface area (Å²) < 4.78 is 1.54. The maximum absolute atomic E-state index is 12.8. The van der Waals surface area contributed by atoms with E-state index in [1.165, 1.54) is 0 Å². The van der Waals surface area contributed by atoms with Gasteiger partial charge in [-0.15, -0.1) is 0 Å². The van der Waals surface area contributed by atoms with Crippen molar-refractivity contribution in [2.45, 2.75) is 38.8 Å². The molecule has 1 aromatic carbocycles. The summed E-state index contributed by atoms with van der Waals surface area (Å²) in [5, 5.41) is 3.33. The highest BCUT2D eigenvalue weighted by Crippen LogP contribution is 2.15. The molecule has 23 heavy (non-hydrogen) atoms. The van der Waals surface area contributed by atoms with E-state index in [1.807, 2.05) is 29.2 Å². The van der Waals surface area contributed by atoms with Crippen molar-refractivity contribution in [3.63, 3.8) is 0 Å². The lowest BCUT2D eigenvalue weighted by Gasteiger charge is -2.34.